The highest BCUT2D eigenvalue weighted by molar-refractivity contribution is 7.90. The van der Waals surface area contributed by atoms with E-state index in [1.54, 1.807) is 18.2 Å². The summed E-state index contributed by atoms with van der Waals surface area (Å²) in [5.74, 6) is 0.413. The Morgan fingerprint density at radius 2 is 1.96 bits per heavy atom. The van der Waals surface area contributed by atoms with Crippen molar-refractivity contribution in [1.29, 1.82) is 0 Å². The van der Waals surface area contributed by atoms with E-state index in [0.717, 1.165) is 0 Å². The van der Waals surface area contributed by atoms with E-state index >= 15 is 0 Å². The molecule has 0 saturated carbocycles. The molecule has 2 atom stereocenters. The molecule has 1 aromatic rings. The third-order valence-corrected chi connectivity index (χ3v) is 5.37. The lowest BCUT2D eigenvalue weighted by molar-refractivity contribution is -0.122. The number of benzene rings is 1. The molecule has 2 unspecified atom stereocenters. The van der Waals surface area contributed by atoms with Gasteiger partial charge in [0, 0.05) is 12.1 Å². The average molecular weight is 366 g/mol. The normalized spacial score (nSPS) is 19.3. The minimum Gasteiger partial charge on any atom is -0.354 e. The van der Waals surface area contributed by atoms with E-state index in [9.17, 15) is 13.2 Å². The van der Waals surface area contributed by atoms with Gasteiger partial charge in [-0.3, -0.25) is 14.5 Å². The summed E-state index contributed by atoms with van der Waals surface area (Å²) in [7, 11) is -3.61. The zero-order valence-corrected chi connectivity index (χ0v) is 15.6. The van der Waals surface area contributed by atoms with Gasteiger partial charge in [-0.05, 0) is 36.9 Å². The molecular formula is C17H26N4O3S. The molecule has 1 aliphatic heterocycles. The molecule has 0 aliphatic carbocycles. The lowest BCUT2D eigenvalue weighted by Gasteiger charge is -2.17. The highest BCUT2D eigenvalue weighted by atomic mass is 32.2. The van der Waals surface area contributed by atoms with Crippen LogP contribution in [0.25, 0.3) is 0 Å². The van der Waals surface area contributed by atoms with Crippen LogP contribution < -0.4 is 15.8 Å². The molecule has 1 amide bonds. The van der Waals surface area contributed by atoms with Gasteiger partial charge in [0.15, 0.2) is 0 Å². The van der Waals surface area contributed by atoms with Gasteiger partial charge in [-0.1, -0.05) is 32.9 Å². The van der Waals surface area contributed by atoms with Crippen LogP contribution >= 0.6 is 0 Å². The number of hydrogen-bond acceptors (Lipinski definition) is 5. The van der Waals surface area contributed by atoms with Crippen LogP contribution in [0, 0.1) is 11.8 Å². The van der Waals surface area contributed by atoms with Crippen LogP contribution in [0.2, 0.25) is 0 Å². The van der Waals surface area contributed by atoms with Gasteiger partial charge in [0.1, 0.15) is 11.9 Å². The van der Waals surface area contributed by atoms with Crippen molar-refractivity contribution in [2.75, 3.05) is 13.1 Å². The molecule has 8 heteroatoms. The Kier molecular flexibility index (Phi) is 6.18. The van der Waals surface area contributed by atoms with Crippen LogP contribution in [0.5, 0.6) is 0 Å². The molecule has 7 nitrogen and oxygen atoms in total. The molecule has 0 saturated heterocycles. The average Bonchev–Trinajstić information content (AvgIpc) is 2.82. The van der Waals surface area contributed by atoms with Gasteiger partial charge in [0.05, 0.1) is 4.90 Å². The SMILES string of the molecule is CC(C)CC(N=C1NS(=O)(=O)c2ccccc21)C(=O)NCC(C)CN. The van der Waals surface area contributed by atoms with Crippen molar-refractivity contribution in [3.05, 3.63) is 29.8 Å². The number of sulfonamides is 1. The number of carbonyl (C=O) groups excluding carboxylic acids is 1. The van der Waals surface area contributed by atoms with Crippen LogP contribution in [0.15, 0.2) is 34.2 Å². The summed E-state index contributed by atoms with van der Waals surface area (Å²) in [6.45, 7) is 6.89. The highest BCUT2D eigenvalue weighted by Crippen LogP contribution is 2.23. The predicted octanol–water partition coefficient (Wildman–Crippen LogP) is 0.851. The molecule has 1 heterocycles. The molecule has 0 radical (unpaired) electrons. The number of nitrogens with one attached hydrogen (secondary N) is 2. The number of carbonyl (C=O) groups is 1. The Labute approximate surface area is 149 Å². The first-order valence-corrected chi connectivity index (χ1v) is 9.90. The van der Waals surface area contributed by atoms with E-state index in [4.69, 9.17) is 5.73 Å². The summed E-state index contributed by atoms with van der Waals surface area (Å²) in [5.41, 5.74) is 6.07. The second-order valence-corrected chi connectivity index (χ2v) is 8.46. The zero-order valence-electron chi connectivity index (χ0n) is 14.8. The summed E-state index contributed by atoms with van der Waals surface area (Å²) in [6.07, 6.45) is 0.524. The van der Waals surface area contributed by atoms with Crippen LogP contribution in [0.1, 0.15) is 32.8 Å². The number of nitrogens with zero attached hydrogens (tertiary/aromatic N) is 1. The smallest absolute Gasteiger partial charge is 0.263 e. The van der Waals surface area contributed by atoms with Gasteiger partial charge < -0.3 is 11.1 Å². The molecular weight excluding hydrogens is 340 g/mol. The number of hydrogen-bond donors (Lipinski definition) is 3. The first-order chi connectivity index (χ1) is 11.7. The largest absolute Gasteiger partial charge is 0.354 e. The quantitative estimate of drug-likeness (QED) is 0.664. The zero-order chi connectivity index (χ0) is 18.6. The van der Waals surface area contributed by atoms with Gasteiger partial charge in [-0.15, -0.1) is 0 Å². The number of nitrogens with two attached hydrogens (primary N) is 1. The van der Waals surface area contributed by atoms with E-state index < -0.39 is 16.1 Å². The van der Waals surface area contributed by atoms with Gasteiger partial charge in [-0.2, -0.15) is 0 Å². The molecule has 0 spiro atoms. The van der Waals surface area contributed by atoms with Crippen molar-refractivity contribution in [2.45, 2.75) is 38.1 Å². The van der Waals surface area contributed by atoms with E-state index in [0.29, 0.717) is 25.1 Å². The van der Waals surface area contributed by atoms with Crippen molar-refractivity contribution in [3.8, 4) is 0 Å². The van der Waals surface area contributed by atoms with Crippen molar-refractivity contribution < 1.29 is 13.2 Å². The Morgan fingerprint density at radius 1 is 1.28 bits per heavy atom. The number of fused-ring (bicyclic) bond motifs is 1. The van der Waals surface area contributed by atoms with Gasteiger partial charge in [-0.25, -0.2) is 8.42 Å². The topological polar surface area (TPSA) is 114 Å². The minimum absolute atomic E-state index is 0.169. The van der Waals surface area contributed by atoms with Crippen molar-refractivity contribution in [3.63, 3.8) is 0 Å². The number of amidine groups is 1. The fraction of sp³-hybridized carbons (Fsp3) is 0.529. The van der Waals surface area contributed by atoms with Crippen LogP contribution in [-0.2, 0) is 14.8 Å². The van der Waals surface area contributed by atoms with Crippen LogP contribution in [0.4, 0.5) is 0 Å². The number of rotatable bonds is 7. The molecule has 2 rings (SSSR count). The first kappa shape index (κ1) is 19.4. The molecule has 0 aromatic heterocycles. The van der Waals surface area contributed by atoms with Crippen molar-refractivity contribution in [1.82, 2.24) is 10.0 Å². The Hall–Kier alpha value is -1.93. The van der Waals surface area contributed by atoms with Gasteiger partial charge in [0.25, 0.3) is 10.0 Å². The van der Waals surface area contributed by atoms with Crippen LogP contribution in [-0.4, -0.2) is 39.3 Å². The fourth-order valence-electron chi connectivity index (χ4n) is 2.53. The summed E-state index contributed by atoms with van der Waals surface area (Å²) >= 11 is 0. The molecule has 138 valence electrons. The van der Waals surface area contributed by atoms with Crippen LogP contribution in [0.3, 0.4) is 0 Å². The summed E-state index contributed by atoms with van der Waals surface area (Å²) in [6, 6.07) is 5.96. The summed E-state index contributed by atoms with van der Waals surface area (Å²) in [4.78, 5) is 17.2. The predicted molar refractivity (Wildman–Crippen MR) is 97.8 cm³/mol. The lowest BCUT2D eigenvalue weighted by Crippen LogP contribution is -2.39. The van der Waals surface area contributed by atoms with Crippen molar-refractivity contribution >= 4 is 21.8 Å². The summed E-state index contributed by atoms with van der Waals surface area (Å²) in [5, 5.41) is 2.85. The Morgan fingerprint density at radius 3 is 2.60 bits per heavy atom. The highest BCUT2D eigenvalue weighted by Gasteiger charge is 2.32. The van der Waals surface area contributed by atoms with E-state index in [2.05, 4.69) is 15.0 Å². The maximum absolute atomic E-state index is 12.5. The Bertz CT molecular complexity index is 759. The molecule has 0 bridgehead atoms. The monoisotopic (exact) mass is 366 g/mol. The number of amides is 1. The third kappa shape index (κ3) is 4.79. The van der Waals surface area contributed by atoms with E-state index in [-0.39, 0.29) is 28.5 Å². The lowest BCUT2D eigenvalue weighted by atomic mass is 10.0. The first-order valence-electron chi connectivity index (χ1n) is 8.42. The molecule has 25 heavy (non-hydrogen) atoms. The summed E-state index contributed by atoms with van der Waals surface area (Å²) < 4.78 is 26.8. The maximum Gasteiger partial charge on any atom is 0.263 e. The second-order valence-electron chi connectivity index (χ2n) is 6.81. The molecule has 4 N–H and O–H groups in total. The standard InChI is InChI=1S/C17H26N4O3S/c1-11(2)8-14(17(22)19-10-12(3)9-18)20-16-13-6-4-5-7-15(13)25(23,24)21-16/h4-7,11-12,14H,8-10,18H2,1-3H3,(H,19,22)(H,20,21). The fourth-order valence-corrected chi connectivity index (χ4v) is 3.77. The minimum atomic E-state index is -3.61. The maximum atomic E-state index is 12.5. The Balaban J connectivity index is 2.28. The van der Waals surface area contributed by atoms with E-state index in [1.165, 1.54) is 6.07 Å². The number of aliphatic imine (C=N–C) groups is 1. The molecule has 1 aliphatic rings. The molecule has 1 aromatic carbocycles. The van der Waals surface area contributed by atoms with Gasteiger partial charge in [0.2, 0.25) is 5.91 Å². The molecule has 0 fully saturated rings. The second kappa shape index (κ2) is 7.97. The third-order valence-electron chi connectivity index (χ3n) is 3.97. The van der Waals surface area contributed by atoms with Crippen molar-refractivity contribution in [2.24, 2.45) is 22.6 Å². The van der Waals surface area contributed by atoms with Gasteiger partial charge >= 0.3 is 0 Å². The van der Waals surface area contributed by atoms with E-state index in [1.807, 2.05) is 20.8 Å².